The van der Waals surface area contributed by atoms with Gasteiger partial charge in [0.25, 0.3) is 0 Å². The van der Waals surface area contributed by atoms with Crippen LogP contribution in [0.1, 0.15) is 26.7 Å². The molecular formula is C11H19NO3. The van der Waals surface area contributed by atoms with Gasteiger partial charge in [0.15, 0.2) is 0 Å². The van der Waals surface area contributed by atoms with Crippen molar-refractivity contribution in [3.63, 3.8) is 0 Å². The van der Waals surface area contributed by atoms with Crippen molar-refractivity contribution in [2.24, 2.45) is 11.8 Å². The molecule has 1 aliphatic heterocycles. The van der Waals surface area contributed by atoms with E-state index in [9.17, 15) is 4.79 Å². The van der Waals surface area contributed by atoms with Gasteiger partial charge in [0.2, 0.25) is 0 Å². The fourth-order valence-corrected chi connectivity index (χ4v) is 2.69. The van der Waals surface area contributed by atoms with Crippen molar-refractivity contribution in [1.29, 1.82) is 0 Å². The summed E-state index contributed by atoms with van der Waals surface area (Å²) in [6.07, 6.45) is 1.28. The molecule has 1 spiro atoms. The van der Waals surface area contributed by atoms with Gasteiger partial charge in [-0.1, -0.05) is 13.8 Å². The predicted molar refractivity (Wildman–Crippen MR) is 55.4 cm³/mol. The summed E-state index contributed by atoms with van der Waals surface area (Å²) in [6, 6.07) is 0.430. The van der Waals surface area contributed by atoms with Gasteiger partial charge in [-0.05, 0) is 13.0 Å². The van der Waals surface area contributed by atoms with Gasteiger partial charge in [-0.25, -0.2) is 0 Å². The molecule has 1 saturated heterocycles. The Morgan fingerprint density at radius 3 is 2.53 bits per heavy atom. The van der Waals surface area contributed by atoms with Crippen LogP contribution in [-0.2, 0) is 9.53 Å². The van der Waals surface area contributed by atoms with Crippen LogP contribution in [0.4, 0.5) is 0 Å². The number of hydrogen-bond donors (Lipinski definition) is 1. The first-order valence-corrected chi connectivity index (χ1v) is 5.56. The Bertz CT molecular complexity index is 271. The largest absolute Gasteiger partial charge is 0.481 e. The number of carboxylic acids is 1. The second kappa shape index (κ2) is 3.46. The summed E-state index contributed by atoms with van der Waals surface area (Å²) < 4.78 is 5.81. The molecular weight excluding hydrogens is 194 g/mol. The van der Waals surface area contributed by atoms with Crippen molar-refractivity contribution in [1.82, 2.24) is 4.90 Å². The maximum atomic E-state index is 10.8. The highest BCUT2D eigenvalue weighted by Gasteiger charge is 2.56. The number of rotatable bonds is 2. The van der Waals surface area contributed by atoms with Gasteiger partial charge in [-0.15, -0.1) is 0 Å². The number of ether oxygens (including phenoxy) is 1. The van der Waals surface area contributed by atoms with Crippen molar-refractivity contribution >= 4 is 5.97 Å². The van der Waals surface area contributed by atoms with Gasteiger partial charge >= 0.3 is 5.97 Å². The third kappa shape index (κ3) is 1.56. The Kier molecular flexibility index (Phi) is 2.51. The highest BCUT2D eigenvalue weighted by atomic mass is 16.5. The third-order valence-electron chi connectivity index (χ3n) is 3.91. The monoisotopic (exact) mass is 213 g/mol. The first-order valence-electron chi connectivity index (χ1n) is 5.56. The average Bonchev–Trinajstić information content (AvgIpc) is 2.39. The summed E-state index contributed by atoms with van der Waals surface area (Å²) in [5.41, 5.74) is -0.266. The summed E-state index contributed by atoms with van der Waals surface area (Å²) in [6.45, 7) is 5.09. The standard InChI is InChI=1S/C11H19NO3/c1-7(2)9-6-15-11(12(9)3)4-8(5-11)10(13)14/h7-9H,4-6H2,1-3H3,(H,13,14). The molecule has 0 aromatic heterocycles. The van der Waals surface area contributed by atoms with E-state index in [0.29, 0.717) is 24.8 Å². The highest BCUT2D eigenvalue weighted by Crippen LogP contribution is 2.47. The second-order valence-corrected chi connectivity index (χ2v) is 5.12. The topological polar surface area (TPSA) is 49.8 Å². The number of carbonyl (C=O) groups is 1. The SMILES string of the molecule is CC(C)C1COC2(CC(C(=O)O)C2)N1C. The molecule has 1 saturated carbocycles. The van der Waals surface area contributed by atoms with Gasteiger partial charge in [-0.3, -0.25) is 9.69 Å². The number of likely N-dealkylation sites (N-methyl/N-ethyl adjacent to an activating group) is 1. The number of nitrogens with zero attached hydrogens (tertiary/aromatic N) is 1. The lowest BCUT2D eigenvalue weighted by molar-refractivity contribution is -0.184. The molecule has 1 aliphatic carbocycles. The van der Waals surface area contributed by atoms with Gasteiger partial charge in [-0.2, -0.15) is 0 Å². The zero-order valence-corrected chi connectivity index (χ0v) is 9.56. The van der Waals surface area contributed by atoms with E-state index >= 15 is 0 Å². The third-order valence-corrected chi connectivity index (χ3v) is 3.91. The minimum Gasteiger partial charge on any atom is -0.481 e. The van der Waals surface area contributed by atoms with Crippen LogP contribution in [0.2, 0.25) is 0 Å². The Labute approximate surface area is 90.2 Å². The molecule has 0 aromatic rings. The average molecular weight is 213 g/mol. The van der Waals surface area contributed by atoms with Crippen LogP contribution in [0.5, 0.6) is 0 Å². The van der Waals surface area contributed by atoms with E-state index < -0.39 is 5.97 Å². The summed E-state index contributed by atoms with van der Waals surface area (Å²) >= 11 is 0. The molecule has 86 valence electrons. The van der Waals surface area contributed by atoms with E-state index in [1.165, 1.54) is 0 Å². The molecule has 0 aromatic carbocycles. The molecule has 4 nitrogen and oxygen atoms in total. The Morgan fingerprint density at radius 1 is 1.53 bits per heavy atom. The van der Waals surface area contributed by atoms with E-state index in [1.807, 2.05) is 0 Å². The summed E-state index contributed by atoms with van der Waals surface area (Å²) in [7, 11) is 2.05. The first kappa shape index (κ1) is 10.9. The molecule has 2 aliphatic rings. The Morgan fingerprint density at radius 2 is 2.13 bits per heavy atom. The van der Waals surface area contributed by atoms with Gasteiger partial charge in [0.1, 0.15) is 5.72 Å². The minimum atomic E-state index is -0.689. The quantitative estimate of drug-likeness (QED) is 0.748. The van der Waals surface area contributed by atoms with E-state index in [4.69, 9.17) is 9.84 Å². The molecule has 1 atom stereocenters. The fourth-order valence-electron chi connectivity index (χ4n) is 2.69. The van der Waals surface area contributed by atoms with Crippen molar-refractivity contribution in [2.45, 2.75) is 38.5 Å². The number of aliphatic carboxylic acids is 1. The van der Waals surface area contributed by atoms with E-state index in [-0.39, 0.29) is 11.6 Å². The zero-order valence-electron chi connectivity index (χ0n) is 9.56. The first-order chi connectivity index (χ1) is 6.96. The van der Waals surface area contributed by atoms with Crippen LogP contribution in [0.3, 0.4) is 0 Å². The van der Waals surface area contributed by atoms with Crippen molar-refractivity contribution in [2.75, 3.05) is 13.7 Å². The lowest BCUT2D eigenvalue weighted by Gasteiger charge is -2.47. The van der Waals surface area contributed by atoms with Crippen LogP contribution in [-0.4, -0.2) is 41.4 Å². The maximum Gasteiger partial charge on any atom is 0.306 e. The van der Waals surface area contributed by atoms with Crippen LogP contribution in [0.25, 0.3) is 0 Å². The highest BCUT2D eigenvalue weighted by molar-refractivity contribution is 5.71. The van der Waals surface area contributed by atoms with E-state index in [2.05, 4.69) is 25.8 Å². The summed E-state index contributed by atoms with van der Waals surface area (Å²) in [5, 5.41) is 8.86. The molecule has 0 amide bonds. The van der Waals surface area contributed by atoms with E-state index in [1.54, 1.807) is 0 Å². The summed E-state index contributed by atoms with van der Waals surface area (Å²) in [4.78, 5) is 13.0. The molecule has 2 fully saturated rings. The Hall–Kier alpha value is -0.610. The lowest BCUT2D eigenvalue weighted by atomic mass is 9.75. The molecule has 15 heavy (non-hydrogen) atoms. The minimum absolute atomic E-state index is 0.210. The second-order valence-electron chi connectivity index (χ2n) is 5.12. The van der Waals surface area contributed by atoms with Gasteiger partial charge < -0.3 is 9.84 Å². The fraction of sp³-hybridized carbons (Fsp3) is 0.909. The maximum absolute atomic E-state index is 10.8. The number of carboxylic acid groups (broad SMARTS) is 1. The zero-order chi connectivity index (χ0) is 11.2. The molecule has 1 N–H and O–H groups in total. The van der Waals surface area contributed by atoms with Crippen molar-refractivity contribution in [3.05, 3.63) is 0 Å². The van der Waals surface area contributed by atoms with Crippen LogP contribution in [0, 0.1) is 11.8 Å². The Balaban J connectivity index is 2.00. The van der Waals surface area contributed by atoms with Crippen LogP contribution in [0.15, 0.2) is 0 Å². The molecule has 0 radical (unpaired) electrons. The van der Waals surface area contributed by atoms with Crippen LogP contribution < -0.4 is 0 Å². The smallest absolute Gasteiger partial charge is 0.306 e. The van der Waals surface area contributed by atoms with Crippen LogP contribution >= 0.6 is 0 Å². The molecule has 4 heteroatoms. The lowest BCUT2D eigenvalue weighted by Crippen LogP contribution is -2.57. The van der Waals surface area contributed by atoms with Crippen molar-refractivity contribution in [3.8, 4) is 0 Å². The van der Waals surface area contributed by atoms with Gasteiger partial charge in [0.05, 0.1) is 12.5 Å². The van der Waals surface area contributed by atoms with Gasteiger partial charge in [0, 0.05) is 18.9 Å². The number of hydrogen-bond acceptors (Lipinski definition) is 3. The summed E-state index contributed by atoms with van der Waals surface area (Å²) in [5.74, 6) is -0.345. The van der Waals surface area contributed by atoms with E-state index in [0.717, 1.165) is 6.61 Å². The predicted octanol–water partition coefficient (Wildman–Crippen LogP) is 1.16. The molecule has 1 heterocycles. The molecule has 1 unspecified atom stereocenters. The molecule has 2 rings (SSSR count). The van der Waals surface area contributed by atoms with Crippen molar-refractivity contribution < 1.29 is 14.6 Å². The molecule has 0 bridgehead atoms. The normalized spacial score (nSPS) is 41.1.